The molecule has 3 aromatic rings. The third-order valence-electron chi connectivity index (χ3n) is 4.86. The molecule has 1 aliphatic rings. The number of thioether (sulfide) groups is 1. The predicted molar refractivity (Wildman–Crippen MR) is 105 cm³/mol. The summed E-state index contributed by atoms with van der Waals surface area (Å²) in [6.07, 6.45) is 10.8. The van der Waals surface area contributed by atoms with E-state index in [9.17, 15) is 4.79 Å². The van der Waals surface area contributed by atoms with E-state index >= 15 is 0 Å². The molecule has 1 aliphatic carbocycles. The van der Waals surface area contributed by atoms with Crippen LogP contribution in [0.3, 0.4) is 0 Å². The van der Waals surface area contributed by atoms with Crippen LogP contribution in [0.25, 0.3) is 5.65 Å². The van der Waals surface area contributed by atoms with Crippen molar-refractivity contribution in [3.63, 3.8) is 0 Å². The zero-order valence-corrected chi connectivity index (χ0v) is 15.7. The summed E-state index contributed by atoms with van der Waals surface area (Å²) in [5.74, 6) is -0.158. The van der Waals surface area contributed by atoms with Gasteiger partial charge in [-0.1, -0.05) is 31.0 Å². The monoisotopic (exact) mass is 366 g/mol. The molecule has 0 aliphatic heterocycles. The van der Waals surface area contributed by atoms with Gasteiger partial charge in [0.05, 0.1) is 0 Å². The Morgan fingerprint density at radius 1 is 1.12 bits per heavy atom. The number of amides is 1. The standard InChI is InChI=1S/C20H22N4OS/c1-26-20-17(19(25)22-15-10-6-4-7-11-15)18-21-13-14-9-5-2-3-8-12-16(14)24(18)23-20/h4,6-7,10-11,13H,2-3,5,8-9,12H2,1H3,(H,22,25). The summed E-state index contributed by atoms with van der Waals surface area (Å²) in [6, 6.07) is 9.50. The van der Waals surface area contributed by atoms with Crippen LogP contribution in [0, 0.1) is 0 Å². The minimum Gasteiger partial charge on any atom is -0.322 e. The molecule has 134 valence electrons. The number of carbonyl (C=O) groups is 1. The van der Waals surface area contributed by atoms with E-state index in [1.807, 2.05) is 47.3 Å². The van der Waals surface area contributed by atoms with Crippen molar-refractivity contribution in [2.45, 2.75) is 43.6 Å². The summed E-state index contributed by atoms with van der Waals surface area (Å²) in [4.78, 5) is 17.6. The van der Waals surface area contributed by atoms with Gasteiger partial charge < -0.3 is 5.32 Å². The van der Waals surface area contributed by atoms with Gasteiger partial charge in [0.2, 0.25) is 0 Å². The van der Waals surface area contributed by atoms with Crippen LogP contribution in [0.5, 0.6) is 0 Å². The second-order valence-electron chi connectivity index (χ2n) is 6.58. The molecule has 1 N–H and O–H groups in total. The van der Waals surface area contributed by atoms with E-state index in [1.165, 1.54) is 42.3 Å². The number of aryl methyl sites for hydroxylation is 2. The van der Waals surface area contributed by atoms with Crippen molar-refractivity contribution in [2.75, 3.05) is 11.6 Å². The van der Waals surface area contributed by atoms with Crippen LogP contribution in [0.15, 0.2) is 41.6 Å². The summed E-state index contributed by atoms with van der Waals surface area (Å²) < 4.78 is 1.91. The number of rotatable bonds is 3. The summed E-state index contributed by atoms with van der Waals surface area (Å²) in [5, 5.41) is 8.43. The molecule has 5 nitrogen and oxygen atoms in total. The van der Waals surface area contributed by atoms with E-state index in [0.29, 0.717) is 11.2 Å². The summed E-state index contributed by atoms with van der Waals surface area (Å²) >= 11 is 1.49. The molecule has 0 fully saturated rings. The Labute approximate surface area is 157 Å². The van der Waals surface area contributed by atoms with Crippen LogP contribution >= 0.6 is 11.8 Å². The van der Waals surface area contributed by atoms with Gasteiger partial charge in [-0.05, 0) is 49.6 Å². The van der Waals surface area contributed by atoms with Gasteiger partial charge in [0, 0.05) is 17.6 Å². The van der Waals surface area contributed by atoms with Crippen molar-refractivity contribution in [3.8, 4) is 0 Å². The lowest BCUT2D eigenvalue weighted by Crippen LogP contribution is -2.14. The van der Waals surface area contributed by atoms with E-state index in [4.69, 9.17) is 5.10 Å². The van der Waals surface area contributed by atoms with E-state index in [0.717, 1.165) is 30.0 Å². The van der Waals surface area contributed by atoms with Crippen molar-refractivity contribution in [3.05, 3.63) is 53.3 Å². The number of carbonyl (C=O) groups excluding carboxylic acids is 1. The number of fused-ring (bicyclic) bond motifs is 3. The SMILES string of the molecule is CSc1nn2c3c(cnc2c1C(=O)Nc1ccccc1)CCCCCC3. The molecule has 2 aromatic heterocycles. The van der Waals surface area contributed by atoms with Crippen molar-refractivity contribution < 1.29 is 4.79 Å². The number of anilines is 1. The molecular formula is C20H22N4OS. The molecule has 0 saturated heterocycles. The minimum absolute atomic E-state index is 0.158. The average Bonchev–Trinajstić information content (AvgIpc) is 3.01. The number of para-hydroxylation sites is 1. The first-order valence-corrected chi connectivity index (χ1v) is 10.3. The fraction of sp³-hybridized carbons (Fsp3) is 0.350. The Balaban J connectivity index is 1.79. The first kappa shape index (κ1) is 17.1. The molecular weight excluding hydrogens is 344 g/mol. The van der Waals surface area contributed by atoms with E-state index in [1.54, 1.807) is 0 Å². The quantitative estimate of drug-likeness (QED) is 0.700. The summed E-state index contributed by atoms with van der Waals surface area (Å²) in [5.41, 5.74) is 4.47. The van der Waals surface area contributed by atoms with Gasteiger partial charge >= 0.3 is 0 Å². The van der Waals surface area contributed by atoms with Gasteiger partial charge in [-0.3, -0.25) is 4.79 Å². The van der Waals surface area contributed by atoms with Crippen LogP contribution in [-0.2, 0) is 12.8 Å². The largest absolute Gasteiger partial charge is 0.322 e. The Kier molecular flexibility index (Phi) is 4.93. The number of hydrogen-bond donors (Lipinski definition) is 1. The van der Waals surface area contributed by atoms with Crippen molar-refractivity contribution in [2.24, 2.45) is 0 Å². The third kappa shape index (κ3) is 3.21. The van der Waals surface area contributed by atoms with Crippen molar-refractivity contribution >= 4 is 29.0 Å². The van der Waals surface area contributed by atoms with E-state index in [2.05, 4.69) is 10.3 Å². The lowest BCUT2D eigenvalue weighted by molar-refractivity contribution is 0.102. The first-order valence-electron chi connectivity index (χ1n) is 9.08. The lowest BCUT2D eigenvalue weighted by atomic mass is 9.98. The highest BCUT2D eigenvalue weighted by atomic mass is 32.2. The highest BCUT2D eigenvalue weighted by Crippen LogP contribution is 2.27. The summed E-state index contributed by atoms with van der Waals surface area (Å²) in [6.45, 7) is 0. The van der Waals surface area contributed by atoms with E-state index in [-0.39, 0.29) is 5.91 Å². The normalized spacial score (nSPS) is 14.5. The third-order valence-corrected chi connectivity index (χ3v) is 5.53. The van der Waals surface area contributed by atoms with Crippen LogP contribution in [0.4, 0.5) is 5.69 Å². The highest BCUT2D eigenvalue weighted by Gasteiger charge is 2.23. The Hall–Kier alpha value is -2.34. The van der Waals surface area contributed by atoms with Crippen molar-refractivity contribution in [1.29, 1.82) is 0 Å². The van der Waals surface area contributed by atoms with Crippen LogP contribution in [0.2, 0.25) is 0 Å². The second-order valence-corrected chi connectivity index (χ2v) is 7.38. The molecule has 0 spiro atoms. The highest BCUT2D eigenvalue weighted by molar-refractivity contribution is 7.98. The van der Waals surface area contributed by atoms with Gasteiger partial charge in [0.1, 0.15) is 10.6 Å². The molecule has 0 saturated carbocycles. The van der Waals surface area contributed by atoms with Gasteiger partial charge in [0.25, 0.3) is 5.91 Å². The topological polar surface area (TPSA) is 59.3 Å². The summed E-state index contributed by atoms with van der Waals surface area (Å²) in [7, 11) is 0. The Morgan fingerprint density at radius 3 is 2.65 bits per heavy atom. The molecule has 0 bridgehead atoms. The van der Waals surface area contributed by atoms with Crippen molar-refractivity contribution in [1.82, 2.24) is 14.6 Å². The Bertz CT molecular complexity index is 936. The average molecular weight is 366 g/mol. The molecule has 1 amide bonds. The number of aromatic nitrogens is 3. The molecule has 4 rings (SSSR count). The Morgan fingerprint density at radius 2 is 1.88 bits per heavy atom. The maximum Gasteiger partial charge on any atom is 0.262 e. The molecule has 0 radical (unpaired) electrons. The minimum atomic E-state index is -0.158. The van der Waals surface area contributed by atoms with Crippen LogP contribution in [-0.4, -0.2) is 26.8 Å². The molecule has 1 aromatic carbocycles. The van der Waals surface area contributed by atoms with Gasteiger partial charge in [-0.15, -0.1) is 11.8 Å². The number of nitrogens with zero attached hydrogens (tertiary/aromatic N) is 3. The van der Waals surface area contributed by atoms with Crippen LogP contribution in [0.1, 0.15) is 47.3 Å². The number of hydrogen-bond acceptors (Lipinski definition) is 4. The molecule has 6 heteroatoms. The number of nitrogens with one attached hydrogen (secondary N) is 1. The molecule has 26 heavy (non-hydrogen) atoms. The predicted octanol–water partition coefficient (Wildman–Crippen LogP) is 4.36. The fourth-order valence-corrected chi connectivity index (χ4v) is 4.09. The van der Waals surface area contributed by atoms with Gasteiger partial charge in [-0.25, -0.2) is 9.50 Å². The zero-order chi connectivity index (χ0) is 17.9. The zero-order valence-electron chi connectivity index (χ0n) is 14.9. The van der Waals surface area contributed by atoms with Crippen LogP contribution < -0.4 is 5.32 Å². The van der Waals surface area contributed by atoms with Gasteiger partial charge in [-0.2, -0.15) is 5.10 Å². The smallest absolute Gasteiger partial charge is 0.262 e. The maximum atomic E-state index is 12.9. The number of benzene rings is 1. The lowest BCUT2D eigenvalue weighted by Gasteiger charge is -2.14. The van der Waals surface area contributed by atoms with Gasteiger partial charge in [0.15, 0.2) is 5.65 Å². The molecule has 2 heterocycles. The second kappa shape index (κ2) is 7.50. The van der Waals surface area contributed by atoms with E-state index < -0.39 is 0 Å². The molecule has 0 atom stereocenters. The first-order chi connectivity index (χ1) is 12.8. The molecule has 0 unspecified atom stereocenters. The maximum absolute atomic E-state index is 12.9. The fourth-order valence-electron chi connectivity index (χ4n) is 3.54.